The van der Waals surface area contributed by atoms with Crippen LogP contribution < -0.4 is 4.90 Å². The molecule has 0 bridgehead atoms. The van der Waals surface area contributed by atoms with Crippen LogP contribution in [0.15, 0.2) is 145 Å². The van der Waals surface area contributed by atoms with Crippen LogP contribution >= 0.6 is 0 Å². The lowest BCUT2D eigenvalue weighted by Gasteiger charge is -2.40. The minimum Gasteiger partial charge on any atom is -0.475 e. The van der Waals surface area contributed by atoms with Gasteiger partial charge in [-0.3, -0.25) is 19.6 Å². The van der Waals surface area contributed by atoms with Crippen molar-refractivity contribution in [1.82, 2.24) is 14.8 Å². The molecule has 3 aliphatic rings. The number of aromatic nitrogens is 1. The van der Waals surface area contributed by atoms with Crippen LogP contribution in [0.2, 0.25) is 0 Å². The van der Waals surface area contributed by atoms with Crippen LogP contribution in [-0.2, 0) is 31.9 Å². The van der Waals surface area contributed by atoms with Gasteiger partial charge >= 0.3 is 18.2 Å². The van der Waals surface area contributed by atoms with Gasteiger partial charge in [-0.2, -0.15) is 13.2 Å². The Morgan fingerprint density at radius 1 is 0.759 bits per heavy atom. The Bertz CT molecular complexity index is 2190. The zero-order valence-corrected chi connectivity index (χ0v) is 31.6. The van der Waals surface area contributed by atoms with E-state index in [-0.39, 0.29) is 24.0 Å². The smallest absolute Gasteiger partial charge is 0.475 e. The average Bonchev–Trinajstić information content (AvgIpc) is 3.74. The number of rotatable bonds is 9. The Balaban J connectivity index is 0.000000672. The number of aliphatic imine (C=N–C) groups is 1. The minimum atomic E-state index is -5.08. The molecular weight excluding hydrogens is 748 g/mol. The van der Waals surface area contributed by atoms with Gasteiger partial charge in [0.1, 0.15) is 12.3 Å². The largest absolute Gasteiger partial charge is 0.490 e. The second kappa shape index (κ2) is 17.0. The first-order chi connectivity index (χ1) is 28.0. The van der Waals surface area contributed by atoms with Gasteiger partial charge in [-0.05, 0) is 79.3 Å². The van der Waals surface area contributed by atoms with Gasteiger partial charge in [-0.1, -0.05) is 115 Å². The van der Waals surface area contributed by atoms with Gasteiger partial charge in [0.25, 0.3) is 5.91 Å². The lowest BCUT2D eigenvalue weighted by atomic mass is 9.74. The topological polar surface area (TPSA) is 116 Å². The summed E-state index contributed by atoms with van der Waals surface area (Å²) in [4.78, 5) is 53.0. The molecule has 1 N–H and O–H groups in total. The molecule has 4 heterocycles. The fourth-order valence-electron chi connectivity index (χ4n) is 8.03. The summed E-state index contributed by atoms with van der Waals surface area (Å²) in [5, 5.41) is 7.12. The predicted octanol–water partition coefficient (Wildman–Crippen LogP) is 7.83. The number of amides is 2. The highest BCUT2D eigenvalue weighted by Gasteiger charge is 2.51. The Hall–Kier alpha value is -6.34. The number of carboxylic acid groups (broad SMARTS) is 1. The van der Waals surface area contributed by atoms with Gasteiger partial charge in [-0.15, -0.1) is 0 Å². The van der Waals surface area contributed by atoms with Crippen molar-refractivity contribution < 1.29 is 37.4 Å². The maximum absolute atomic E-state index is 14.7. The quantitative estimate of drug-likeness (QED) is 0.162. The maximum Gasteiger partial charge on any atom is 0.490 e. The van der Waals surface area contributed by atoms with Gasteiger partial charge in [0.05, 0.1) is 5.69 Å². The number of hydrogen-bond donors (Lipinski definition) is 1. The monoisotopic (exact) mass is 789 g/mol. The molecule has 0 atom stereocenters. The number of piperidine rings is 1. The van der Waals surface area contributed by atoms with E-state index in [1.165, 1.54) is 5.56 Å². The number of ether oxygens (including phenoxy) is 1. The van der Waals surface area contributed by atoms with Gasteiger partial charge in [0.2, 0.25) is 0 Å². The molecule has 13 heteroatoms. The zero-order chi connectivity index (χ0) is 40.8. The summed E-state index contributed by atoms with van der Waals surface area (Å²) in [7, 11) is 0. The summed E-state index contributed by atoms with van der Waals surface area (Å²) in [6, 6.07) is 43.6. The fourth-order valence-corrected chi connectivity index (χ4v) is 8.03. The molecule has 1 aromatic heterocycles. The Labute approximate surface area is 334 Å². The third-order valence-electron chi connectivity index (χ3n) is 10.9. The molecule has 1 saturated heterocycles. The summed E-state index contributed by atoms with van der Waals surface area (Å²) < 4.78 is 37.5. The standard InChI is InChI=1S/C43H41N5O3.C2HF3O2/c49-40-43(34-17-6-2-7-18-34,35-19-8-3-9-20-35)45-39(37-22-12-13-26-44-37)47(40)28-14-27-46-29-24-42(25-30-46)32-48(38-23-11-10-21-36(38)42)41(50)51-31-33-15-4-1-5-16-33;3-2(4,5)1(6)7/h1-13,15-23,26H,14,24-25,27-32H2;(H,6,7). The van der Waals surface area contributed by atoms with Gasteiger partial charge in [0.15, 0.2) is 11.4 Å². The van der Waals surface area contributed by atoms with E-state index in [1.54, 1.807) is 6.20 Å². The van der Waals surface area contributed by atoms with Crippen molar-refractivity contribution in [2.45, 2.75) is 43.0 Å². The Morgan fingerprint density at radius 2 is 1.33 bits per heavy atom. The van der Waals surface area contributed by atoms with Crippen molar-refractivity contribution in [3.63, 3.8) is 0 Å². The second-order valence-corrected chi connectivity index (χ2v) is 14.5. The molecular formula is C45H42F3N5O5. The van der Waals surface area contributed by atoms with Crippen molar-refractivity contribution in [3.8, 4) is 0 Å². The van der Waals surface area contributed by atoms with Crippen LogP contribution in [0.1, 0.15) is 47.2 Å². The summed E-state index contributed by atoms with van der Waals surface area (Å²) in [6.07, 6.45) is -0.950. The van der Waals surface area contributed by atoms with E-state index < -0.39 is 17.7 Å². The van der Waals surface area contributed by atoms with Crippen molar-refractivity contribution in [2.75, 3.05) is 37.6 Å². The first-order valence-corrected chi connectivity index (χ1v) is 19.1. The molecule has 0 aliphatic carbocycles. The number of benzene rings is 4. The van der Waals surface area contributed by atoms with Crippen molar-refractivity contribution in [1.29, 1.82) is 0 Å². The minimum absolute atomic E-state index is 0.0556. The SMILES string of the molecule is O=C(O)C(F)(F)F.O=C(OCc1ccccc1)N1CC2(CCN(CCCN3C(=O)C(c4ccccc4)(c4ccccc4)N=C3c3ccccn3)CC2)c2ccccc21. The number of aliphatic carboxylic acids is 1. The number of carboxylic acids is 1. The average molecular weight is 790 g/mol. The number of likely N-dealkylation sites (tertiary alicyclic amines) is 1. The fraction of sp³-hybridized carbons (Fsp3) is 0.267. The summed E-state index contributed by atoms with van der Waals surface area (Å²) in [5.41, 5.74) is 4.25. The van der Waals surface area contributed by atoms with Gasteiger partial charge in [-0.25, -0.2) is 14.6 Å². The van der Waals surface area contributed by atoms with E-state index in [9.17, 15) is 22.8 Å². The lowest BCUT2D eigenvalue weighted by Crippen LogP contribution is -2.47. The number of alkyl halides is 3. The molecule has 0 radical (unpaired) electrons. The highest BCUT2D eigenvalue weighted by atomic mass is 19.4. The van der Waals surface area contributed by atoms with Crippen LogP contribution in [0.5, 0.6) is 0 Å². The first kappa shape index (κ1) is 39.9. The summed E-state index contributed by atoms with van der Waals surface area (Å²) in [5.74, 6) is -2.21. The molecule has 8 rings (SSSR count). The number of carbonyl (C=O) groups excluding carboxylic acids is 2. The van der Waals surface area contributed by atoms with E-state index in [0.717, 1.165) is 61.3 Å². The Kier molecular flexibility index (Phi) is 11.7. The molecule has 0 saturated carbocycles. The summed E-state index contributed by atoms with van der Waals surface area (Å²) in [6.45, 7) is 4.08. The highest BCUT2D eigenvalue weighted by Crippen LogP contribution is 2.47. The molecule has 298 valence electrons. The van der Waals surface area contributed by atoms with E-state index in [1.807, 2.05) is 131 Å². The van der Waals surface area contributed by atoms with Crippen LogP contribution in [0.3, 0.4) is 0 Å². The third kappa shape index (κ3) is 8.21. The number of amidine groups is 1. The molecule has 3 aliphatic heterocycles. The molecule has 2 amide bonds. The molecule has 1 spiro atoms. The first-order valence-electron chi connectivity index (χ1n) is 19.1. The van der Waals surface area contributed by atoms with Crippen molar-refractivity contribution in [3.05, 3.63) is 168 Å². The van der Waals surface area contributed by atoms with E-state index in [2.05, 4.69) is 22.0 Å². The molecule has 0 unspecified atom stereocenters. The number of pyridine rings is 1. The van der Waals surface area contributed by atoms with Crippen LogP contribution in [-0.4, -0.2) is 82.6 Å². The highest BCUT2D eigenvalue weighted by molar-refractivity contribution is 6.16. The van der Waals surface area contributed by atoms with E-state index in [0.29, 0.717) is 24.6 Å². The molecule has 5 aromatic rings. The van der Waals surface area contributed by atoms with Crippen molar-refractivity contribution in [2.24, 2.45) is 4.99 Å². The number of halogens is 3. The number of para-hydroxylation sites is 1. The molecule has 4 aromatic carbocycles. The predicted molar refractivity (Wildman–Crippen MR) is 212 cm³/mol. The number of fused-ring (bicyclic) bond motifs is 2. The van der Waals surface area contributed by atoms with E-state index in [4.69, 9.17) is 19.6 Å². The molecule has 58 heavy (non-hydrogen) atoms. The number of nitrogens with zero attached hydrogens (tertiary/aromatic N) is 5. The second-order valence-electron chi connectivity index (χ2n) is 14.5. The zero-order valence-electron chi connectivity index (χ0n) is 31.6. The number of carbonyl (C=O) groups is 3. The van der Waals surface area contributed by atoms with Crippen molar-refractivity contribution >= 4 is 29.5 Å². The van der Waals surface area contributed by atoms with Crippen LogP contribution in [0, 0.1) is 0 Å². The summed E-state index contributed by atoms with van der Waals surface area (Å²) >= 11 is 0. The van der Waals surface area contributed by atoms with Gasteiger partial charge < -0.3 is 14.7 Å². The maximum atomic E-state index is 14.7. The van der Waals surface area contributed by atoms with Gasteiger partial charge in [0, 0.05) is 24.7 Å². The number of hydrogen-bond acceptors (Lipinski definition) is 7. The third-order valence-corrected chi connectivity index (χ3v) is 10.9. The molecule has 10 nitrogen and oxygen atoms in total. The molecule has 1 fully saturated rings. The Morgan fingerprint density at radius 3 is 1.91 bits per heavy atom. The van der Waals surface area contributed by atoms with Crippen LogP contribution in [0.4, 0.5) is 23.7 Å². The normalized spacial score (nSPS) is 16.9. The van der Waals surface area contributed by atoms with Crippen LogP contribution in [0.25, 0.3) is 0 Å². The number of anilines is 1. The lowest BCUT2D eigenvalue weighted by molar-refractivity contribution is -0.192. The van der Waals surface area contributed by atoms with E-state index >= 15 is 0 Å².